The normalized spacial score (nSPS) is 25.4. The van der Waals surface area contributed by atoms with Crippen molar-refractivity contribution in [3.05, 3.63) is 12.2 Å². The van der Waals surface area contributed by atoms with Gasteiger partial charge in [0.2, 0.25) is 0 Å². The molecule has 1 fully saturated rings. The van der Waals surface area contributed by atoms with E-state index >= 15 is 0 Å². The predicted octanol–water partition coefficient (Wildman–Crippen LogP) is 0.591. The van der Waals surface area contributed by atoms with Crippen molar-refractivity contribution in [2.45, 2.75) is 45.3 Å². The minimum Gasteiger partial charge on any atom is -0.388 e. The number of hydrogen-bond donors (Lipinski definition) is 2. The molecule has 5 heteroatoms. The highest BCUT2D eigenvalue weighted by Crippen LogP contribution is 2.20. The lowest BCUT2D eigenvalue weighted by molar-refractivity contribution is 0.0141. The summed E-state index contributed by atoms with van der Waals surface area (Å²) in [7, 11) is 0. The van der Waals surface area contributed by atoms with Gasteiger partial charge in [-0.25, -0.2) is 9.67 Å². The zero-order valence-corrected chi connectivity index (χ0v) is 10.7. The van der Waals surface area contributed by atoms with Gasteiger partial charge < -0.3 is 10.4 Å². The number of nitrogens with one attached hydrogen (secondary N) is 1. The van der Waals surface area contributed by atoms with Crippen LogP contribution in [0.15, 0.2) is 6.33 Å². The Morgan fingerprint density at radius 3 is 3.06 bits per heavy atom. The van der Waals surface area contributed by atoms with Gasteiger partial charge in [0.15, 0.2) is 0 Å². The molecule has 2 rings (SSSR count). The van der Waals surface area contributed by atoms with Gasteiger partial charge in [0.1, 0.15) is 12.2 Å². The van der Waals surface area contributed by atoms with Crippen LogP contribution in [0.5, 0.6) is 0 Å². The van der Waals surface area contributed by atoms with Crippen molar-refractivity contribution in [3.8, 4) is 0 Å². The molecular weight excluding hydrogens is 216 g/mol. The zero-order valence-electron chi connectivity index (χ0n) is 10.7. The van der Waals surface area contributed by atoms with Crippen LogP contribution < -0.4 is 5.32 Å². The second kappa shape index (κ2) is 5.14. The molecule has 1 unspecified atom stereocenters. The predicted molar refractivity (Wildman–Crippen MR) is 65.6 cm³/mol. The number of aliphatic hydroxyl groups is 1. The summed E-state index contributed by atoms with van der Waals surface area (Å²) in [5, 5.41) is 17.9. The summed E-state index contributed by atoms with van der Waals surface area (Å²) < 4.78 is 1.91. The Morgan fingerprint density at radius 1 is 1.59 bits per heavy atom. The number of hydrogen-bond acceptors (Lipinski definition) is 4. The fourth-order valence-corrected chi connectivity index (χ4v) is 2.32. The second-order valence-electron chi connectivity index (χ2n) is 5.43. The molecule has 1 aromatic rings. The quantitative estimate of drug-likeness (QED) is 0.806. The van der Waals surface area contributed by atoms with Crippen LogP contribution in [0.2, 0.25) is 0 Å². The monoisotopic (exact) mass is 238 g/mol. The van der Waals surface area contributed by atoms with Crippen molar-refractivity contribution in [1.82, 2.24) is 20.1 Å². The Kier molecular flexibility index (Phi) is 3.79. The first-order valence-electron chi connectivity index (χ1n) is 6.39. The number of piperidine rings is 1. The lowest BCUT2D eigenvalue weighted by Gasteiger charge is -2.32. The molecule has 1 saturated heterocycles. The van der Waals surface area contributed by atoms with Gasteiger partial charge in [-0.05, 0) is 25.3 Å². The highest BCUT2D eigenvalue weighted by molar-refractivity contribution is 4.97. The van der Waals surface area contributed by atoms with E-state index in [1.807, 2.05) is 4.68 Å². The average molecular weight is 238 g/mol. The Labute approximate surface area is 102 Å². The lowest BCUT2D eigenvalue weighted by atomic mass is 9.90. The molecule has 17 heavy (non-hydrogen) atoms. The third-order valence-electron chi connectivity index (χ3n) is 3.17. The standard InChI is InChI=1S/C12H22N4O/c1-10(2)7-16-11(14-9-15-16)6-12(17)4-3-5-13-8-12/h9-10,13,17H,3-8H2,1-2H3. The molecule has 1 aliphatic heterocycles. The van der Waals surface area contributed by atoms with Crippen molar-refractivity contribution in [3.63, 3.8) is 0 Å². The van der Waals surface area contributed by atoms with Crippen LogP contribution >= 0.6 is 0 Å². The number of rotatable bonds is 4. The molecule has 0 amide bonds. The molecule has 0 bridgehead atoms. The van der Waals surface area contributed by atoms with Crippen LogP contribution in [0.25, 0.3) is 0 Å². The SMILES string of the molecule is CC(C)Cn1ncnc1CC1(O)CCCNC1. The molecule has 0 aliphatic carbocycles. The molecule has 2 N–H and O–H groups in total. The van der Waals surface area contributed by atoms with Gasteiger partial charge in [-0.1, -0.05) is 13.8 Å². The first-order valence-corrected chi connectivity index (χ1v) is 6.39. The van der Waals surface area contributed by atoms with Gasteiger partial charge in [0.05, 0.1) is 5.60 Å². The fourth-order valence-electron chi connectivity index (χ4n) is 2.32. The van der Waals surface area contributed by atoms with Crippen molar-refractivity contribution < 1.29 is 5.11 Å². The molecule has 96 valence electrons. The molecule has 1 aliphatic rings. The molecule has 2 heterocycles. The molecule has 1 aromatic heterocycles. The van der Waals surface area contributed by atoms with Gasteiger partial charge in [-0.2, -0.15) is 5.10 Å². The first-order chi connectivity index (χ1) is 8.09. The van der Waals surface area contributed by atoms with Gasteiger partial charge >= 0.3 is 0 Å². The maximum atomic E-state index is 10.5. The molecule has 0 spiro atoms. The van der Waals surface area contributed by atoms with Crippen LogP contribution in [0.4, 0.5) is 0 Å². The molecule has 0 saturated carbocycles. The number of β-amino-alcohol motifs (C(OH)–C–C–N with tert-alkyl or cyclic N) is 1. The van der Waals surface area contributed by atoms with Crippen LogP contribution in [0.3, 0.4) is 0 Å². The summed E-state index contributed by atoms with van der Waals surface area (Å²) in [6.07, 6.45) is 4.04. The summed E-state index contributed by atoms with van der Waals surface area (Å²) in [5.41, 5.74) is -0.653. The summed E-state index contributed by atoms with van der Waals surface area (Å²) >= 11 is 0. The van der Waals surface area contributed by atoms with Crippen molar-refractivity contribution in [2.75, 3.05) is 13.1 Å². The zero-order chi connectivity index (χ0) is 12.3. The first kappa shape index (κ1) is 12.5. The Bertz CT molecular complexity index is 355. The Balaban J connectivity index is 2.04. The van der Waals surface area contributed by atoms with Crippen LogP contribution in [-0.4, -0.2) is 38.6 Å². The van der Waals surface area contributed by atoms with Gasteiger partial charge in [0.25, 0.3) is 0 Å². The van der Waals surface area contributed by atoms with Gasteiger partial charge in [0, 0.05) is 19.5 Å². The van der Waals surface area contributed by atoms with E-state index in [2.05, 4.69) is 29.2 Å². The van der Waals surface area contributed by atoms with Crippen molar-refractivity contribution in [2.24, 2.45) is 5.92 Å². The van der Waals surface area contributed by atoms with E-state index in [1.54, 1.807) is 6.33 Å². The third-order valence-corrected chi connectivity index (χ3v) is 3.17. The van der Waals surface area contributed by atoms with Crippen LogP contribution in [-0.2, 0) is 13.0 Å². The summed E-state index contributed by atoms with van der Waals surface area (Å²) in [6.45, 7) is 6.83. The van der Waals surface area contributed by atoms with Gasteiger partial charge in [-0.3, -0.25) is 0 Å². The molecule has 1 atom stereocenters. The van der Waals surface area contributed by atoms with Crippen molar-refractivity contribution in [1.29, 1.82) is 0 Å². The molecule has 0 aromatic carbocycles. The van der Waals surface area contributed by atoms with Gasteiger partial charge in [-0.15, -0.1) is 0 Å². The van der Waals surface area contributed by atoms with E-state index in [0.29, 0.717) is 18.9 Å². The maximum absolute atomic E-state index is 10.5. The fraction of sp³-hybridized carbons (Fsp3) is 0.833. The van der Waals surface area contributed by atoms with Crippen molar-refractivity contribution >= 4 is 0 Å². The van der Waals surface area contributed by atoms with Crippen LogP contribution in [0.1, 0.15) is 32.5 Å². The highest BCUT2D eigenvalue weighted by Gasteiger charge is 2.31. The van der Waals surface area contributed by atoms with E-state index in [-0.39, 0.29) is 0 Å². The topological polar surface area (TPSA) is 63.0 Å². The Hall–Kier alpha value is -0.940. The highest BCUT2D eigenvalue weighted by atomic mass is 16.3. The van der Waals surface area contributed by atoms with E-state index < -0.39 is 5.60 Å². The van der Waals surface area contributed by atoms with E-state index in [1.165, 1.54) is 0 Å². The molecular formula is C12H22N4O. The average Bonchev–Trinajstić information content (AvgIpc) is 2.65. The summed E-state index contributed by atoms with van der Waals surface area (Å²) in [4.78, 5) is 4.27. The molecule has 0 radical (unpaired) electrons. The van der Waals surface area contributed by atoms with Crippen LogP contribution in [0, 0.1) is 5.92 Å². The second-order valence-corrected chi connectivity index (χ2v) is 5.43. The third kappa shape index (κ3) is 3.26. The lowest BCUT2D eigenvalue weighted by Crippen LogP contribution is -2.47. The van der Waals surface area contributed by atoms with E-state index in [4.69, 9.17) is 0 Å². The minimum atomic E-state index is -0.653. The Morgan fingerprint density at radius 2 is 2.41 bits per heavy atom. The maximum Gasteiger partial charge on any atom is 0.138 e. The van der Waals surface area contributed by atoms with E-state index in [0.717, 1.165) is 31.8 Å². The summed E-state index contributed by atoms with van der Waals surface area (Å²) in [6, 6.07) is 0. The smallest absolute Gasteiger partial charge is 0.138 e. The minimum absolute atomic E-state index is 0.537. The largest absolute Gasteiger partial charge is 0.388 e. The number of nitrogens with zero attached hydrogens (tertiary/aromatic N) is 3. The van der Waals surface area contributed by atoms with E-state index in [9.17, 15) is 5.11 Å². The molecule has 5 nitrogen and oxygen atoms in total. The number of aromatic nitrogens is 3. The summed E-state index contributed by atoms with van der Waals surface area (Å²) in [5.74, 6) is 1.43.